The number of nitrogens with zero attached hydrogens (tertiary/aromatic N) is 1. The molecule has 0 saturated carbocycles. The number of carbonyl (C=O) groups is 1. The number of methoxy groups -OCH3 is 1. The quantitative estimate of drug-likeness (QED) is 0.206. The summed E-state index contributed by atoms with van der Waals surface area (Å²) in [6.45, 7) is 7.95. The Labute approximate surface area is 214 Å². The summed E-state index contributed by atoms with van der Waals surface area (Å²) in [6, 6.07) is 26.0. The highest BCUT2D eigenvalue weighted by molar-refractivity contribution is 5.79. The lowest BCUT2D eigenvalue weighted by Gasteiger charge is -2.25. The second-order valence-electron chi connectivity index (χ2n) is 8.93. The van der Waals surface area contributed by atoms with E-state index >= 15 is 0 Å². The molecule has 0 spiro atoms. The van der Waals surface area contributed by atoms with Gasteiger partial charge in [-0.15, -0.1) is 0 Å². The van der Waals surface area contributed by atoms with Gasteiger partial charge < -0.3 is 23.8 Å². The fourth-order valence-corrected chi connectivity index (χ4v) is 3.76. The first kappa shape index (κ1) is 26.9. The third-order valence-corrected chi connectivity index (χ3v) is 5.76. The largest absolute Gasteiger partial charge is 0.497 e. The van der Waals surface area contributed by atoms with E-state index in [4.69, 9.17) is 18.9 Å². The standard InChI is InChI=1S/C30H37NO5/c1-5-34-29(32)30(2,3)36-28-14-12-24(13-15-28)20-22-31(25-10-7-6-8-11-25)21-9-23-35-27-18-16-26(33-4)17-19-27/h6-8,10-19H,5,9,20-23H2,1-4H3. The summed E-state index contributed by atoms with van der Waals surface area (Å²) in [4.78, 5) is 14.5. The van der Waals surface area contributed by atoms with E-state index in [0.29, 0.717) is 19.0 Å². The van der Waals surface area contributed by atoms with Gasteiger partial charge in [-0.3, -0.25) is 0 Å². The zero-order chi connectivity index (χ0) is 25.8. The molecule has 0 unspecified atom stereocenters. The minimum Gasteiger partial charge on any atom is -0.497 e. The number of para-hydroxylation sites is 1. The number of esters is 1. The smallest absolute Gasteiger partial charge is 0.349 e. The molecule has 0 aromatic heterocycles. The molecule has 192 valence electrons. The molecule has 0 atom stereocenters. The topological polar surface area (TPSA) is 57.2 Å². The molecule has 0 saturated heterocycles. The molecule has 6 heteroatoms. The Balaban J connectivity index is 1.53. The number of benzene rings is 3. The van der Waals surface area contributed by atoms with Gasteiger partial charge in [0.05, 0.1) is 20.3 Å². The SMILES string of the molecule is CCOC(=O)C(C)(C)Oc1ccc(CCN(CCCOc2ccc(OC)cc2)c2ccccc2)cc1. The Morgan fingerprint density at radius 3 is 2.11 bits per heavy atom. The monoisotopic (exact) mass is 491 g/mol. The highest BCUT2D eigenvalue weighted by atomic mass is 16.6. The van der Waals surface area contributed by atoms with Gasteiger partial charge in [0, 0.05) is 18.8 Å². The second kappa shape index (κ2) is 13.4. The minimum atomic E-state index is -1.03. The van der Waals surface area contributed by atoms with Crippen LogP contribution in [0.15, 0.2) is 78.9 Å². The van der Waals surface area contributed by atoms with Crippen molar-refractivity contribution in [1.82, 2.24) is 0 Å². The zero-order valence-electron chi connectivity index (χ0n) is 21.7. The van der Waals surface area contributed by atoms with Crippen LogP contribution in [0.3, 0.4) is 0 Å². The van der Waals surface area contributed by atoms with Crippen molar-refractivity contribution in [2.24, 2.45) is 0 Å². The third kappa shape index (κ3) is 8.22. The van der Waals surface area contributed by atoms with E-state index in [-0.39, 0.29) is 5.97 Å². The number of ether oxygens (including phenoxy) is 4. The first-order valence-corrected chi connectivity index (χ1v) is 12.4. The maximum Gasteiger partial charge on any atom is 0.349 e. The van der Waals surface area contributed by atoms with E-state index in [2.05, 4.69) is 29.2 Å². The van der Waals surface area contributed by atoms with Crippen LogP contribution in [-0.4, -0.2) is 45.0 Å². The second-order valence-corrected chi connectivity index (χ2v) is 8.93. The van der Waals surface area contributed by atoms with E-state index < -0.39 is 5.60 Å². The van der Waals surface area contributed by atoms with Crippen LogP contribution in [0.25, 0.3) is 0 Å². The number of carbonyl (C=O) groups excluding carboxylic acids is 1. The van der Waals surface area contributed by atoms with Gasteiger partial charge in [0.2, 0.25) is 0 Å². The van der Waals surface area contributed by atoms with E-state index in [1.54, 1.807) is 27.9 Å². The number of anilines is 1. The van der Waals surface area contributed by atoms with Crippen LogP contribution < -0.4 is 19.1 Å². The average Bonchev–Trinajstić information content (AvgIpc) is 2.90. The summed E-state index contributed by atoms with van der Waals surface area (Å²) >= 11 is 0. The van der Waals surface area contributed by atoms with Gasteiger partial charge >= 0.3 is 5.97 Å². The lowest BCUT2D eigenvalue weighted by molar-refractivity contribution is -0.158. The van der Waals surface area contributed by atoms with Crippen molar-refractivity contribution >= 4 is 11.7 Å². The Bertz CT molecular complexity index is 1050. The highest BCUT2D eigenvalue weighted by Gasteiger charge is 2.31. The van der Waals surface area contributed by atoms with Crippen molar-refractivity contribution in [3.63, 3.8) is 0 Å². The Morgan fingerprint density at radius 1 is 0.833 bits per heavy atom. The fourth-order valence-electron chi connectivity index (χ4n) is 3.76. The lowest BCUT2D eigenvalue weighted by atomic mass is 10.1. The molecule has 3 aromatic rings. The summed E-state index contributed by atoms with van der Waals surface area (Å²) in [5.74, 6) is 1.94. The maximum atomic E-state index is 12.1. The molecule has 0 aliphatic heterocycles. The number of hydrogen-bond donors (Lipinski definition) is 0. The molecule has 0 N–H and O–H groups in total. The summed E-state index contributed by atoms with van der Waals surface area (Å²) in [5.41, 5.74) is 1.36. The van der Waals surface area contributed by atoms with Gasteiger partial charge in [0.1, 0.15) is 17.2 Å². The summed E-state index contributed by atoms with van der Waals surface area (Å²) in [5, 5.41) is 0. The number of rotatable bonds is 14. The maximum absolute atomic E-state index is 12.1. The predicted molar refractivity (Wildman–Crippen MR) is 143 cm³/mol. The average molecular weight is 492 g/mol. The van der Waals surface area contributed by atoms with Crippen LogP contribution in [0.4, 0.5) is 5.69 Å². The predicted octanol–water partition coefficient (Wildman–Crippen LogP) is 5.93. The molecule has 3 rings (SSSR count). The van der Waals surface area contributed by atoms with Crippen molar-refractivity contribution in [2.45, 2.75) is 39.2 Å². The van der Waals surface area contributed by atoms with Gasteiger partial charge in [0.15, 0.2) is 5.60 Å². The van der Waals surface area contributed by atoms with E-state index in [0.717, 1.165) is 37.4 Å². The molecular weight excluding hydrogens is 454 g/mol. The summed E-state index contributed by atoms with van der Waals surface area (Å²) in [7, 11) is 1.66. The summed E-state index contributed by atoms with van der Waals surface area (Å²) < 4.78 is 22.1. The molecule has 0 fully saturated rings. The van der Waals surface area contributed by atoms with Gasteiger partial charge in [-0.05, 0) is 87.7 Å². The van der Waals surface area contributed by atoms with Crippen LogP contribution in [0.5, 0.6) is 17.2 Å². The molecule has 36 heavy (non-hydrogen) atoms. The normalized spacial score (nSPS) is 11.0. The van der Waals surface area contributed by atoms with Gasteiger partial charge in [-0.2, -0.15) is 0 Å². The zero-order valence-corrected chi connectivity index (χ0v) is 21.7. The van der Waals surface area contributed by atoms with Crippen LogP contribution >= 0.6 is 0 Å². The number of hydrogen-bond acceptors (Lipinski definition) is 6. The van der Waals surface area contributed by atoms with E-state index in [1.165, 1.54) is 11.3 Å². The van der Waals surface area contributed by atoms with Crippen molar-refractivity contribution in [1.29, 1.82) is 0 Å². The van der Waals surface area contributed by atoms with Crippen LogP contribution in [0, 0.1) is 0 Å². The highest BCUT2D eigenvalue weighted by Crippen LogP contribution is 2.22. The third-order valence-electron chi connectivity index (χ3n) is 5.76. The fraction of sp³-hybridized carbons (Fsp3) is 0.367. The molecule has 3 aromatic carbocycles. The molecule has 0 bridgehead atoms. The minimum absolute atomic E-state index is 0.329. The summed E-state index contributed by atoms with van der Waals surface area (Å²) in [6.07, 6.45) is 1.78. The van der Waals surface area contributed by atoms with Crippen molar-refractivity contribution < 1.29 is 23.7 Å². The van der Waals surface area contributed by atoms with E-state index in [9.17, 15) is 4.79 Å². The molecule has 6 nitrogen and oxygen atoms in total. The van der Waals surface area contributed by atoms with Gasteiger partial charge in [-0.1, -0.05) is 30.3 Å². The van der Waals surface area contributed by atoms with Gasteiger partial charge in [-0.25, -0.2) is 4.79 Å². The van der Waals surface area contributed by atoms with Crippen LogP contribution in [0.2, 0.25) is 0 Å². The molecule has 0 amide bonds. The molecule has 0 radical (unpaired) electrons. The van der Waals surface area contributed by atoms with Gasteiger partial charge in [0.25, 0.3) is 0 Å². The van der Waals surface area contributed by atoms with Crippen LogP contribution in [0.1, 0.15) is 32.8 Å². The van der Waals surface area contributed by atoms with E-state index in [1.807, 2.05) is 54.6 Å². The Morgan fingerprint density at radius 2 is 1.47 bits per heavy atom. The molecule has 0 aliphatic carbocycles. The first-order chi connectivity index (χ1) is 17.4. The molecule has 0 aliphatic rings. The first-order valence-electron chi connectivity index (χ1n) is 12.4. The Hall–Kier alpha value is -3.67. The molecular formula is C30H37NO5. The van der Waals surface area contributed by atoms with Crippen molar-refractivity contribution in [3.05, 3.63) is 84.4 Å². The molecule has 0 heterocycles. The van der Waals surface area contributed by atoms with Crippen molar-refractivity contribution in [2.75, 3.05) is 38.3 Å². The van der Waals surface area contributed by atoms with Crippen molar-refractivity contribution in [3.8, 4) is 17.2 Å². The van der Waals surface area contributed by atoms with Crippen LogP contribution in [-0.2, 0) is 16.0 Å². The lowest BCUT2D eigenvalue weighted by Crippen LogP contribution is -2.39. The Kier molecular flexibility index (Phi) is 10.0.